The Morgan fingerprint density at radius 1 is 1.10 bits per heavy atom. The molecule has 5 nitrogen and oxygen atoms in total. The molecular formula is C29H28F6N4OS. The van der Waals surface area contributed by atoms with Crippen molar-refractivity contribution in [3.63, 3.8) is 0 Å². The molecule has 6 rings (SSSR count). The van der Waals surface area contributed by atoms with E-state index >= 15 is 0 Å². The van der Waals surface area contributed by atoms with E-state index in [4.69, 9.17) is 17.0 Å². The predicted octanol–water partition coefficient (Wildman–Crippen LogP) is 7.21. The number of piperidine rings is 3. The highest BCUT2D eigenvalue weighted by molar-refractivity contribution is 7.80. The number of thiocarbonyl (C=S) groups is 1. The van der Waals surface area contributed by atoms with Crippen LogP contribution < -0.4 is 15.4 Å². The van der Waals surface area contributed by atoms with E-state index in [1.807, 2.05) is 24.3 Å². The largest absolute Gasteiger partial charge is 0.497 e. The van der Waals surface area contributed by atoms with Crippen LogP contribution in [0.4, 0.5) is 32.0 Å². The van der Waals surface area contributed by atoms with Crippen LogP contribution in [0, 0.1) is 11.8 Å². The first-order chi connectivity index (χ1) is 19.4. The molecular weight excluding hydrogens is 566 g/mol. The first-order valence-electron chi connectivity index (χ1n) is 13.0. The topological polar surface area (TPSA) is 49.4 Å². The van der Waals surface area contributed by atoms with Crippen molar-refractivity contribution in [1.82, 2.24) is 15.2 Å². The molecule has 5 atom stereocenters. The van der Waals surface area contributed by atoms with Gasteiger partial charge in [0.15, 0.2) is 5.11 Å². The molecule has 1 aromatic heterocycles. The Labute approximate surface area is 238 Å². The van der Waals surface area contributed by atoms with Crippen molar-refractivity contribution in [2.45, 2.75) is 37.3 Å². The fourth-order valence-electron chi connectivity index (χ4n) is 5.99. The molecule has 218 valence electrons. The molecule has 0 radical (unpaired) electrons. The number of nitrogens with zero attached hydrogens (tertiary/aromatic N) is 2. The Balaban J connectivity index is 1.51. The van der Waals surface area contributed by atoms with Crippen LogP contribution in [0.1, 0.15) is 35.6 Å². The van der Waals surface area contributed by atoms with Crippen molar-refractivity contribution in [3.05, 3.63) is 78.0 Å². The molecule has 0 aliphatic carbocycles. The average Bonchev–Trinajstić information content (AvgIpc) is 2.94. The molecule has 2 N–H and O–H groups in total. The highest BCUT2D eigenvalue weighted by Crippen LogP contribution is 2.43. The van der Waals surface area contributed by atoms with Gasteiger partial charge in [0.05, 0.1) is 29.8 Å². The lowest BCUT2D eigenvalue weighted by Crippen LogP contribution is -2.57. The number of nitrogens with one attached hydrogen (secondary N) is 2. The highest BCUT2D eigenvalue weighted by atomic mass is 32.1. The fourth-order valence-corrected chi connectivity index (χ4v) is 6.23. The number of ether oxygens (including phenoxy) is 1. The number of hydrogen-bond acceptors (Lipinski definition) is 4. The van der Waals surface area contributed by atoms with Gasteiger partial charge in [0.25, 0.3) is 0 Å². The van der Waals surface area contributed by atoms with E-state index < -0.39 is 35.2 Å². The second-order valence-corrected chi connectivity index (χ2v) is 10.8. The molecule has 4 heterocycles. The maximum atomic E-state index is 13.4. The van der Waals surface area contributed by atoms with Gasteiger partial charge in [-0.15, -0.1) is 6.58 Å². The van der Waals surface area contributed by atoms with Gasteiger partial charge >= 0.3 is 12.4 Å². The number of methoxy groups -OCH3 is 1. The van der Waals surface area contributed by atoms with E-state index in [0.717, 1.165) is 36.9 Å². The quantitative estimate of drug-likeness (QED) is 0.179. The van der Waals surface area contributed by atoms with Crippen LogP contribution in [0.15, 0.2) is 61.3 Å². The number of anilines is 1. The van der Waals surface area contributed by atoms with E-state index in [0.29, 0.717) is 35.2 Å². The average molecular weight is 595 g/mol. The lowest BCUT2D eigenvalue weighted by atomic mass is 9.73. The molecule has 41 heavy (non-hydrogen) atoms. The minimum atomic E-state index is -4.97. The molecule has 0 spiro atoms. The first-order valence-corrected chi connectivity index (χ1v) is 13.4. The lowest BCUT2D eigenvalue weighted by molar-refractivity contribution is -0.143. The third-order valence-electron chi connectivity index (χ3n) is 7.99. The molecule has 5 unspecified atom stereocenters. The van der Waals surface area contributed by atoms with Crippen LogP contribution in [0.5, 0.6) is 5.75 Å². The zero-order valence-electron chi connectivity index (χ0n) is 22.0. The summed E-state index contributed by atoms with van der Waals surface area (Å²) in [6, 6.07) is 8.15. The molecule has 3 aliphatic heterocycles. The van der Waals surface area contributed by atoms with E-state index in [2.05, 4.69) is 27.1 Å². The molecule has 0 saturated carbocycles. The van der Waals surface area contributed by atoms with Gasteiger partial charge < -0.3 is 15.4 Å². The first kappa shape index (κ1) is 29.1. The van der Waals surface area contributed by atoms with E-state index in [1.54, 1.807) is 19.4 Å². The van der Waals surface area contributed by atoms with Gasteiger partial charge in [-0.25, -0.2) is 0 Å². The van der Waals surface area contributed by atoms with Crippen molar-refractivity contribution in [2.75, 3.05) is 25.5 Å². The number of aromatic nitrogens is 1. The number of alkyl halides is 6. The monoisotopic (exact) mass is 594 g/mol. The maximum Gasteiger partial charge on any atom is 0.416 e. The van der Waals surface area contributed by atoms with Crippen LogP contribution in [0.3, 0.4) is 0 Å². The van der Waals surface area contributed by atoms with E-state index in [1.165, 1.54) is 0 Å². The number of hydrogen-bond donors (Lipinski definition) is 2. The summed E-state index contributed by atoms with van der Waals surface area (Å²) >= 11 is 5.50. The second kappa shape index (κ2) is 11.1. The Kier molecular flexibility index (Phi) is 7.90. The minimum Gasteiger partial charge on any atom is -0.497 e. The number of fused-ring (bicyclic) bond motifs is 4. The van der Waals surface area contributed by atoms with Gasteiger partial charge in [0.2, 0.25) is 0 Å². The summed E-state index contributed by atoms with van der Waals surface area (Å²) in [5.74, 6) is 1.35. The zero-order chi connectivity index (χ0) is 29.5. The number of benzene rings is 2. The molecule has 0 amide bonds. The fraction of sp³-hybridized carbons (Fsp3) is 0.379. The number of halogens is 6. The normalized spacial score (nSPS) is 23.2. The molecule has 12 heteroatoms. The van der Waals surface area contributed by atoms with E-state index in [9.17, 15) is 26.3 Å². The van der Waals surface area contributed by atoms with Gasteiger partial charge in [-0.05, 0) is 91.5 Å². The summed E-state index contributed by atoms with van der Waals surface area (Å²) < 4.78 is 86.0. The summed E-state index contributed by atoms with van der Waals surface area (Å²) in [4.78, 5) is 6.80. The minimum absolute atomic E-state index is 0.0475. The van der Waals surface area contributed by atoms with Crippen molar-refractivity contribution < 1.29 is 31.1 Å². The maximum absolute atomic E-state index is 13.4. The molecule has 3 saturated heterocycles. The summed E-state index contributed by atoms with van der Waals surface area (Å²) in [6.07, 6.45) is -4.48. The third kappa shape index (κ3) is 6.13. The standard InChI is InChI=1S/C29H28F6N4OS/c1-3-16-15-39-9-7-17(16)10-25(39)26(22-6-8-36-24-5-4-21(40-2)14-23(22)24)38-27(41)37-20-12-18(28(30,31)32)11-19(13-20)29(33,34)35/h3-6,8,11-14,16-17,25-26H,1,7,9-10,15H2,2H3,(H2,37,38,41). The molecule has 2 aromatic carbocycles. The van der Waals surface area contributed by atoms with Crippen LogP contribution in [0.25, 0.3) is 10.9 Å². The molecule has 2 bridgehead atoms. The Morgan fingerprint density at radius 3 is 2.39 bits per heavy atom. The van der Waals surface area contributed by atoms with Gasteiger partial charge in [-0.2, -0.15) is 26.3 Å². The van der Waals surface area contributed by atoms with Crippen molar-refractivity contribution in [3.8, 4) is 5.75 Å². The third-order valence-corrected chi connectivity index (χ3v) is 8.21. The molecule has 3 aliphatic rings. The summed E-state index contributed by atoms with van der Waals surface area (Å²) in [5, 5.41) is 6.52. The van der Waals surface area contributed by atoms with Crippen LogP contribution in [-0.2, 0) is 12.4 Å². The summed E-state index contributed by atoms with van der Waals surface area (Å²) in [7, 11) is 1.55. The van der Waals surface area contributed by atoms with Gasteiger partial charge in [0.1, 0.15) is 5.75 Å². The lowest BCUT2D eigenvalue weighted by Gasteiger charge is -2.52. The van der Waals surface area contributed by atoms with Crippen LogP contribution in [-0.4, -0.2) is 41.2 Å². The number of rotatable bonds is 6. The SMILES string of the molecule is C=CC1CN2CCC1CC2C(NC(=S)Nc1cc(C(F)(F)F)cc(C(F)(F)F)c1)c1ccnc2ccc(OC)cc12. The predicted molar refractivity (Wildman–Crippen MR) is 149 cm³/mol. The molecule has 3 aromatic rings. The second-order valence-electron chi connectivity index (χ2n) is 10.4. The van der Waals surface area contributed by atoms with Crippen molar-refractivity contribution >= 4 is 33.9 Å². The van der Waals surface area contributed by atoms with Gasteiger partial charge in [0, 0.05) is 29.9 Å². The smallest absolute Gasteiger partial charge is 0.416 e. The van der Waals surface area contributed by atoms with Gasteiger partial charge in [-0.1, -0.05) is 6.08 Å². The van der Waals surface area contributed by atoms with Gasteiger partial charge in [-0.3, -0.25) is 9.88 Å². The van der Waals surface area contributed by atoms with Crippen LogP contribution >= 0.6 is 12.2 Å². The zero-order valence-corrected chi connectivity index (χ0v) is 22.8. The summed E-state index contributed by atoms with van der Waals surface area (Å²) in [6.45, 7) is 5.63. The summed E-state index contributed by atoms with van der Waals surface area (Å²) in [5.41, 5.74) is -1.71. The van der Waals surface area contributed by atoms with Crippen molar-refractivity contribution in [2.24, 2.45) is 11.8 Å². The Hall–Kier alpha value is -3.38. The van der Waals surface area contributed by atoms with Crippen molar-refractivity contribution in [1.29, 1.82) is 0 Å². The number of pyridine rings is 1. The molecule has 3 fully saturated rings. The van der Waals surface area contributed by atoms with E-state index in [-0.39, 0.29) is 17.2 Å². The Morgan fingerprint density at radius 2 is 1.80 bits per heavy atom. The highest BCUT2D eigenvalue weighted by Gasteiger charge is 2.43. The van der Waals surface area contributed by atoms with Crippen LogP contribution in [0.2, 0.25) is 0 Å². The Bertz CT molecular complexity index is 1430.